The highest BCUT2D eigenvalue weighted by Gasteiger charge is 2.33. The molecule has 4 heteroatoms. The van der Waals surface area contributed by atoms with Crippen LogP contribution in [0.1, 0.15) is 66.2 Å². The van der Waals surface area contributed by atoms with Crippen molar-refractivity contribution in [1.29, 1.82) is 0 Å². The molecule has 1 aliphatic rings. The largest absolute Gasteiger partial charge is 0.368 e. The number of hydrogen-bond donors (Lipinski definition) is 2. The molecule has 2 unspecified atom stereocenters. The highest BCUT2D eigenvalue weighted by molar-refractivity contribution is 5.83. The molecule has 0 aromatic rings. The molecule has 0 saturated heterocycles. The molecule has 0 bridgehead atoms. The molecule has 2 atom stereocenters. The summed E-state index contributed by atoms with van der Waals surface area (Å²) < 4.78 is 0. The zero-order chi connectivity index (χ0) is 15.3. The lowest BCUT2D eigenvalue weighted by molar-refractivity contribution is -0.123. The van der Waals surface area contributed by atoms with Gasteiger partial charge in [0, 0.05) is 12.1 Å². The van der Waals surface area contributed by atoms with E-state index in [1.54, 1.807) is 6.92 Å². The standard InChI is InChI=1S/C16H33N3O/c1-12(2)9-10-19(14-7-5-6-8-14)13(3)11-16(4,18)15(17)20/h12-14H,5-11,18H2,1-4H3,(H2,17,20). The summed E-state index contributed by atoms with van der Waals surface area (Å²) in [6, 6.07) is 0.965. The minimum atomic E-state index is -0.909. The molecule has 118 valence electrons. The lowest BCUT2D eigenvalue weighted by Gasteiger charge is -2.38. The summed E-state index contributed by atoms with van der Waals surface area (Å²) in [4.78, 5) is 14.0. The molecule has 1 rings (SSSR count). The number of carbonyl (C=O) groups is 1. The molecule has 1 aliphatic carbocycles. The summed E-state index contributed by atoms with van der Waals surface area (Å²) in [6.45, 7) is 9.55. The van der Waals surface area contributed by atoms with E-state index >= 15 is 0 Å². The van der Waals surface area contributed by atoms with Crippen LogP contribution in [0.25, 0.3) is 0 Å². The van der Waals surface area contributed by atoms with Crippen molar-refractivity contribution in [3.63, 3.8) is 0 Å². The number of amides is 1. The third-order valence-corrected chi connectivity index (χ3v) is 4.61. The van der Waals surface area contributed by atoms with Crippen LogP contribution < -0.4 is 11.5 Å². The molecule has 0 radical (unpaired) electrons. The predicted octanol–water partition coefficient (Wildman–Crippen LogP) is 2.26. The van der Waals surface area contributed by atoms with E-state index in [2.05, 4.69) is 25.7 Å². The van der Waals surface area contributed by atoms with Crippen LogP contribution >= 0.6 is 0 Å². The second kappa shape index (κ2) is 7.41. The van der Waals surface area contributed by atoms with Gasteiger partial charge in [0.25, 0.3) is 0 Å². The molecule has 0 heterocycles. The van der Waals surface area contributed by atoms with E-state index in [4.69, 9.17) is 11.5 Å². The van der Waals surface area contributed by atoms with Crippen LogP contribution in [0.3, 0.4) is 0 Å². The Bertz CT molecular complexity index is 309. The van der Waals surface area contributed by atoms with Gasteiger partial charge in [0.2, 0.25) is 5.91 Å². The normalized spacial score (nSPS) is 21.4. The van der Waals surface area contributed by atoms with E-state index in [0.717, 1.165) is 6.54 Å². The Morgan fingerprint density at radius 1 is 1.30 bits per heavy atom. The molecular formula is C16H33N3O. The van der Waals surface area contributed by atoms with Crippen LogP contribution in [0, 0.1) is 5.92 Å². The summed E-state index contributed by atoms with van der Waals surface area (Å²) in [7, 11) is 0. The SMILES string of the molecule is CC(C)CCN(C(C)CC(C)(N)C(N)=O)C1CCCC1. The highest BCUT2D eigenvalue weighted by Crippen LogP contribution is 2.28. The quantitative estimate of drug-likeness (QED) is 0.717. The smallest absolute Gasteiger partial charge is 0.237 e. The molecule has 0 spiro atoms. The van der Waals surface area contributed by atoms with Crippen molar-refractivity contribution in [2.24, 2.45) is 17.4 Å². The van der Waals surface area contributed by atoms with Crippen molar-refractivity contribution < 1.29 is 4.79 Å². The minimum Gasteiger partial charge on any atom is -0.368 e. The molecule has 4 nitrogen and oxygen atoms in total. The Morgan fingerprint density at radius 3 is 2.30 bits per heavy atom. The third kappa shape index (κ3) is 5.06. The monoisotopic (exact) mass is 283 g/mol. The maximum absolute atomic E-state index is 11.4. The first kappa shape index (κ1) is 17.4. The molecule has 0 aliphatic heterocycles. The van der Waals surface area contributed by atoms with Crippen molar-refractivity contribution in [2.75, 3.05) is 6.54 Å². The average molecular weight is 283 g/mol. The van der Waals surface area contributed by atoms with Gasteiger partial charge in [-0.15, -0.1) is 0 Å². The Balaban J connectivity index is 2.67. The van der Waals surface area contributed by atoms with Gasteiger partial charge in [-0.1, -0.05) is 26.7 Å². The van der Waals surface area contributed by atoms with Crippen molar-refractivity contribution in [1.82, 2.24) is 4.90 Å². The Hall–Kier alpha value is -0.610. The predicted molar refractivity (Wildman–Crippen MR) is 84.3 cm³/mol. The molecule has 1 amide bonds. The Morgan fingerprint density at radius 2 is 1.85 bits per heavy atom. The number of nitrogens with zero attached hydrogens (tertiary/aromatic N) is 1. The van der Waals surface area contributed by atoms with E-state index in [0.29, 0.717) is 24.4 Å². The van der Waals surface area contributed by atoms with Gasteiger partial charge in [-0.05, 0) is 52.0 Å². The van der Waals surface area contributed by atoms with Gasteiger partial charge in [0.1, 0.15) is 0 Å². The minimum absolute atomic E-state index is 0.305. The van der Waals surface area contributed by atoms with Crippen LogP contribution in [0.15, 0.2) is 0 Å². The van der Waals surface area contributed by atoms with Crippen LogP contribution in [0.2, 0.25) is 0 Å². The molecule has 1 fully saturated rings. The number of nitrogens with two attached hydrogens (primary N) is 2. The molecule has 0 aromatic carbocycles. The number of carbonyl (C=O) groups excluding carboxylic acids is 1. The summed E-state index contributed by atoms with van der Waals surface area (Å²) in [5.41, 5.74) is 10.6. The summed E-state index contributed by atoms with van der Waals surface area (Å²) >= 11 is 0. The van der Waals surface area contributed by atoms with Crippen LogP contribution in [0.5, 0.6) is 0 Å². The van der Waals surface area contributed by atoms with Gasteiger partial charge in [-0.25, -0.2) is 0 Å². The van der Waals surface area contributed by atoms with Gasteiger partial charge >= 0.3 is 0 Å². The fourth-order valence-corrected chi connectivity index (χ4v) is 3.24. The summed E-state index contributed by atoms with van der Waals surface area (Å²) in [6.07, 6.45) is 7.03. The van der Waals surface area contributed by atoms with Gasteiger partial charge in [-0.2, -0.15) is 0 Å². The van der Waals surface area contributed by atoms with Crippen molar-refractivity contribution >= 4 is 5.91 Å². The van der Waals surface area contributed by atoms with Crippen molar-refractivity contribution in [2.45, 2.75) is 83.8 Å². The second-order valence-electron chi connectivity index (χ2n) is 7.19. The van der Waals surface area contributed by atoms with Gasteiger partial charge in [-0.3, -0.25) is 9.69 Å². The number of rotatable bonds is 8. The molecule has 0 aromatic heterocycles. The first-order valence-corrected chi connectivity index (χ1v) is 8.08. The van der Waals surface area contributed by atoms with E-state index in [9.17, 15) is 4.79 Å². The van der Waals surface area contributed by atoms with Crippen molar-refractivity contribution in [3.05, 3.63) is 0 Å². The van der Waals surface area contributed by atoms with Crippen LogP contribution in [0.4, 0.5) is 0 Å². The van der Waals surface area contributed by atoms with Crippen LogP contribution in [-0.4, -0.2) is 35.0 Å². The zero-order valence-corrected chi connectivity index (χ0v) is 13.7. The fraction of sp³-hybridized carbons (Fsp3) is 0.938. The molecular weight excluding hydrogens is 250 g/mol. The third-order valence-electron chi connectivity index (χ3n) is 4.61. The van der Waals surface area contributed by atoms with Crippen molar-refractivity contribution in [3.8, 4) is 0 Å². The second-order valence-corrected chi connectivity index (χ2v) is 7.19. The summed E-state index contributed by atoms with van der Waals surface area (Å²) in [5.74, 6) is 0.297. The number of primary amides is 1. The van der Waals surface area contributed by atoms with Gasteiger partial charge in [0.05, 0.1) is 5.54 Å². The average Bonchev–Trinajstić information content (AvgIpc) is 2.81. The molecule has 4 N–H and O–H groups in total. The van der Waals surface area contributed by atoms with E-state index in [1.165, 1.54) is 32.1 Å². The summed E-state index contributed by atoms with van der Waals surface area (Å²) in [5, 5.41) is 0. The topological polar surface area (TPSA) is 72.3 Å². The zero-order valence-electron chi connectivity index (χ0n) is 13.7. The van der Waals surface area contributed by atoms with Crippen LogP contribution in [-0.2, 0) is 4.79 Å². The first-order valence-electron chi connectivity index (χ1n) is 8.08. The van der Waals surface area contributed by atoms with E-state index in [-0.39, 0.29) is 0 Å². The number of hydrogen-bond acceptors (Lipinski definition) is 3. The Kier molecular flexibility index (Phi) is 6.46. The lowest BCUT2D eigenvalue weighted by atomic mass is 9.92. The maximum atomic E-state index is 11.4. The highest BCUT2D eigenvalue weighted by atomic mass is 16.1. The fourth-order valence-electron chi connectivity index (χ4n) is 3.24. The molecule has 20 heavy (non-hydrogen) atoms. The van der Waals surface area contributed by atoms with E-state index < -0.39 is 11.4 Å². The lowest BCUT2D eigenvalue weighted by Crippen LogP contribution is -2.54. The van der Waals surface area contributed by atoms with Gasteiger partial charge in [0.15, 0.2) is 0 Å². The van der Waals surface area contributed by atoms with Gasteiger partial charge < -0.3 is 11.5 Å². The van der Waals surface area contributed by atoms with E-state index in [1.807, 2.05) is 0 Å². The first-order chi connectivity index (χ1) is 9.24. The molecule has 1 saturated carbocycles. The maximum Gasteiger partial charge on any atom is 0.237 e. The Labute approximate surface area is 124 Å².